The molecule has 98 valence electrons. The minimum absolute atomic E-state index is 1.31. The fourth-order valence-electron chi connectivity index (χ4n) is 3.52. The molecule has 5 aromatic rings. The summed E-state index contributed by atoms with van der Waals surface area (Å²) in [6, 6.07) is 28.6. The van der Waals surface area contributed by atoms with Crippen molar-refractivity contribution in [3.8, 4) is 0 Å². The van der Waals surface area contributed by atoms with Crippen molar-refractivity contribution in [2.24, 2.45) is 0 Å². The summed E-state index contributed by atoms with van der Waals surface area (Å²) in [7, 11) is 0. The fourth-order valence-corrected chi connectivity index (χ4v) is 3.52. The minimum Gasteiger partial charge on any atom is -0.113 e. The normalized spacial score (nSPS) is 11.8. The van der Waals surface area contributed by atoms with Gasteiger partial charge in [0.05, 0.1) is 0 Å². The number of fused-ring (bicyclic) bond motifs is 7. The van der Waals surface area contributed by atoms with Crippen LogP contribution in [0.2, 0.25) is 0 Å². The van der Waals surface area contributed by atoms with E-state index in [1.807, 2.05) is 0 Å². The summed E-state index contributed by atoms with van der Waals surface area (Å²) in [5.74, 6) is 0. The van der Waals surface area contributed by atoms with E-state index in [1.165, 1.54) is 43.1 Å². The van der Waals surface area contributed by atoms with Crippen LogP contribution >= 0.6 is 0 Å². The predicted octanol–water partition coefficient (Wildman–Crippen LogP) is 6.02. The maximum Gasteiger partial charge on any atom is -0.0251 e. The first kappa shape index (κ1) is 11.0. The molecule has 0 aromatic heterocycles. The second kappa shape index (κ2) is 3.89. The summed E-state index contributed by atoms with van der Waals surface area (Å²) >= 11 is 0. The minimum atomic E-state index is 1.31. The highest BCUT2D eigenvalue weighted by atomic mass is 14.1. The lowest BCUT2D eigenvalue weighted by molar-refractivity contribution is 1.81. The molecule has 0 unspecified atom stereocenters. The van der Waals surface area contributed by atoms with Crippen molar-refractivity contribution in [2.75, 3.05) is 0 Å². The van der Waals surface area contributed by atoms with E-state index in [-0.39, 0.29) is 0 Å². The highest BCUT2D eigenvalue weighted by molar-refractivity contribution is 6.25. The van der Waals surface area contributed by atoms with Gasteiger partial charge in [0.15, 0.2) is 0 Å². The molecule has 0 aliphatic carbocycles. The number of hydrogen-bond donors (Lipinski definition) is 0. The number of benzene rings is 4. The van der Waals surface area contributed by atoms with Crippen molar-refractivity contribution in [2.45, 2.75) is 0 Å². The summed E-state index contributed by atoms with van der Waals surface area (Å²) in [5.41, 5.74) is 0. The predicted molar refractivity (Wildman–Crippen MR) is 92.1 cm³/mol. The lowest BCUT2D eigenvalue weighted by atomic mass is 10.0. The molecular weight excluding hydrogens is 252 g/mol. The highest BCUT2D eigenvalue weighted by Gasteiger charge is 2.03. The monoisotopic (exact) mass is 265 g/mol. The molecule has 0 aliphatic rings. The van der Waals surface area contributed by atoms with Gasteiger partial charge in [-0.25, -0.2) is 0 Å². The van der Waals surface area contributed by atoms with E-state index < -0.39 is 0 Å². The SMILES string of the molecule is c1ccc2c(c1)ccc1c2c[c-]2c3ccccc3ccc12. The Labute approximate surface area is 122 Å². The molecule has 0 fully saturated rings. The topological polar surface area (TPSA) is 0 Å². The molecule has 0 amide bonds. The average molecular weight is 265 g/mol. The van der Waals surface area contributed by atoms with Gasteiger partial charge in [0.25, 0.3) is 0 Å². The molecule has 0 aliphatic heterocycles. The van der Waals surface area contributed by atoms with Gasteiger partial charge in [-0.2, -0.15) is 0 Å². The number of rotatable bonds is 0. The summed E-state index contributed by atoms with van der Waals surface area (Å²) < 4.78 is 0. The van der Waals surface area contributed by atoms with Crippen LogP contribution in [0.4, 0.5) is 0 Å². The van der Waals surface area contributed by atoms with Gasteiger partial charge >= 0.3 is 0 Å². The first-order valence-corrected chi connectivity index (χ1v) is 7.30. The van der Waals surface area contributed by atoms with Gasteiger partial charge in [-0.3, -0.25) is 0 Å². The van der Waals surface area contributed by atoms with Crippen LogP contribution in [-0.2, 0) is 0 Å². The Kier molecular flexibility index (Phi) is 2.04. The van der Waals surface area contributed by atoms with Crippen LogP contribution in [0.15, 0.2) is 78.9 Å². The molecular formula is C21H13-. The van der Waals surface area contributed by atoms with Crippen LogP contribution in [-0.4, -0.2) is 0 Å². The quantitative estimate of drug-likeness (QED) is 0.300. The molecule has 0 saturated carbocycles. The van der Waals surface area contributed by atoms with Crippen LogP contribution in [0.25, 0.3) is 43.1 Å². The molecule has 0 atom stereocenters. The van der Waals surface area contributed by atoms with E-state index in [1.54, 1.807) is 0 Å². The van der Waals surface area contributed by atoms with E-state index >= 15 is 0 Å². The van der Waals surface area contributed by atoms with Crippen molar-refractivity contribution in [1.82, 2.24) is 0 Å². The third-order valence-corrected chi connectivity index (χ3v) is 4.52. The lowest BCUT2D eigenvalue weighted by Gasteiger charge is -2.06. The Morgan fingerprint density at radius 1 is 0.476 bits per heavy atom. The first-order chi connectivity index (χ1) is 10.4. The van der Waals surface area contributed by atoms with Gasteiger partial charge in [-0.15, -0.1) is 24.3 Å². The summed E-state index contributed by atoms with van der Waals surface area (Å²) in [6.45, 7) is 0. The van der Waals surface area contributed by atoms with Gasteiger partial charge in [0.1, 0.15) is 0 Å². The molecule has 0 spiro atoms. The van der Waals surface area contributed by atoms with Crippen molar-refractivity contribution < 1.29 is 0 Å². The van der Waals surface area contributed by atoms with E-state index in [0.29, 0.717) is 0 Å². The Hall–Kier alpha value is -2.73. The number of hydrogen-bond acceptors (Lipinski definition) is 0. The summed E-state index contributed by atoms with van der Waals surface area (Å²) in [4.78, 5) is 0. The largest absolute Gasteiger partial charge is 0.113 e. The summed E-state index contributed by atoms with van der Waals surface area (Å²) in [5, 5.41) is 10.7. The van der Waals surface area contributed by atoms with Crippen LogP contribution in [0.5, 0.6) is 0 Å². The smallest absolute Gasteiger partial charge is 0.0251 e. The zero-order valence-corrected chi connectivity index (χ0v) is 11.5. The maximum atomic E-state index is 2.36. The lowest BCUT2D eigenvalue weighted by Crippen LogP contribution is -1.73. The molecule has 0 heteroatoms. The van der Waals surface area contributed by atoms with Crippen LogP contribution in [0.3, 0.4) is 0 Å². The molecule has 0 nitrogen and oxygen atoms in total. The van der Waals surface area contributed by atoms with Crippen molar-refractivity contribution >= 4 is 43.1 Å². The van der Waals surface area contributed by atoms with E-state index in [0.717, 1.165) is 0 Å². The fraction of sp³-hybridized carbons (Fsp3) is 0. The zero-order valence-electron chi connectivity index (χ0n) is 11.5. The molecule has 0 saturated heterocycles. The van der Waals surface area contributed by atoms with Crippen molar-refractivity contribution in [1.29, 1.82) is 0 Å². The van der Waals surface area contributed by atoms with Gasteiger partial charge in [0, 0.05) is 0 Å². The summed E-state index contributed by atoms with van der Waals surface area (Å²) in [6.07, 6.45) is 0. The second-order valence-corrected chi connectivity index (χ2v) is 5.64. The highest BCUT2D eigenvalue weighted by Crippen LogP contribution is 2.37. The second-order valence-electron chi connectivity index (χ2n) is 5.64. The van der Waals surface area contributed by atoms with Gasteiger partial charge in [0.2, 0.25) is 0 Å². The van der Waals surface area contributed by atoms with Gasteiger partial charge in [-0.05, 0) is 10.8 Å². The molecule has 0 heterocycles. The van der Waals surface area contributed by atoms with E-state index in [4.69, 9.17) is 0 Å². The molecule has 0 N–H and O–H groups in total. The van der Waals surface area contributed by atoms with Crippen LogP contribution < -0.4 is 0 Å². The van der Waals surface area contributed by atoms with Crippen molar-refractivity contribution in [3.05, 3.63) is 78.9 Å². The molecule has 5 rings (SSSR count). The van der Waals surface area contributed by atoms with Gasteiger partial charge in [-0.1, -0.05) is 86.9 Å². The molecule has 21 heavy (non-hydrogen) atoms. The van der Waals surface area contributed by atoms with Crippen LogP contribution in [0, 0.1) is 0 Å². The first-order valence-electron chi connectivity index (χ1n) is 7.30. The maximum absolute atomic E-state index is 2.36. The Bertz CT molecular complexity index is 1040. The van der Waals surface area contributed by atoms with E-state index in [2.05, 4.69) is 78.9 Å². The third kappa shape index (κ3) is 1.42. The van der Waals surface area contributed by atoms with Crippen LogP contribution in [0.1, 0.15) is 0 Å². The standard InChI is InChI=1S/C21H13/c1-3-7-16-14(5-1)9-11-18-19-12-10-15-6-2-4-8-17(15)21(19)13-20(16)18/h1-13H/q-1. The van der Waals surface area contributed by atoms with Crippen molar-refractivity contribution in [3.63, 3.8) is 0 Å². The Morgan fingerprint density at radius 3 is 2.19 bits per heavy atom. The average Bonchev–Trinajstić information content (AvgIpc) is 2.94. The Balaban J connectivity index is 2.09. The third-order valence-electron chi connectivity index (χ3n) is 4.52. The van der Waals surface area contributed by atoms with Gasteiger partial charge < -0.3 is 0 Å². The molecule has 0 radical (unpaired) electrons. The Morgan fingerprint density at radius 2 is 1.24 bits per heavy atom. The van der Waals surface area contributed by atoms with E-state index in [9.17, 15) is 0 Å². The molecule has 0 bridgehead atoms. The molecule has 5 aromatic carbocycles. The zero-order chi connectivity index (χ0) is 13.8.